The van der Waals surface area contributed by atoms with E-state index in [1.807, 2.05) is 0 Å². The van der Waals surface area contributed by atoms with Gasteiger partial charge in [-0.25, -0.2) is 4.79 Å². The highest BCUT2D eigenvalue weighted by Gasteiger charge is 2.25. The zero-order chi connectivity index (χ0) is 9.26. The number of hydrogen-bond donors (Lipinski definition) is 1. The molecule has 1 aliphatic heterocycles. The fourth-order valence-corrected chi connectivity index (χ4v) is 1.76. The number of nitrogens with zero attached hydrogens (tertiary/aromatic N) is 2. The van der Waals surface area contributed by atoms with Gasteiger partial charge in [0, 0.05) is 12.5 Å². The van der Waals surface area contributed by atoms with E-state index in [9.17, 15) is 4.79 Å². The van der Waals surface area contributed by atoms with Gasteiger partial charge in [0.2, 0.25) is 0 Å². The molecule has 0 spiro atoms. The molecule has 0 bridgehead atoms. The highest BCUT2D eigenvalue weighted by Crippen LogP contribution is 2.23. The molecule has 0 radical (unpaired) electrons. The molecule has 0 amide bonds. The third-order valence-electron chi connectivity index (χ3n) is 2.56. The lowest BCUT2D eigenvalue weighted by atomic mass is 10.1. The number of aromatic nitrogens is 2. The third kappa shape index (κ3) is 1.65. The highest BCUT2D eigenvalue weighted by atomic mass is 16.5. The summed E-state index contributed by atoms with van der Waals surface area (Å²) in [5.74, 6) is 0.581. The predicted molar refractivity (Wildman–Crippen MR) is 46.6 cm³/mol. The molecule has 1 N–H and O–H groups in total. The van der Waals surface area contributed by atoms with E-state index in [4.69, 9.17) is 0 Å². The molecule has 1 aromatic rings. The number of aromatic amines is 1. The Morgan fingerprint density at radius 1 is 1.77 bits per heavy atom. The van der Waals surface area contributed by atoms with Gasteiger partial charge in [-0.2, -0.15) is 0 Å². The summed E-state index contributed by atoms with van der Waals surface area (Å²) in [5, 5.41) is 3.70. The fraction of sp³-hybridized carbons (Fsp3) is 0.750. The number of rotatable bonds is 2. The van der Waals surface area contributed by atoms with Crippen LogP contribution in [0.25, 0.3) is 0 Å². The standard InChI is InChI=1S/C8H13N3O2/c1-2-11-4-3-6(5-11)7-9-8(12)13-10-7/h6H,2-5H2,1H3,(H,9,10,12). The minimum Gasteiger partial charge on any atom is -0.303 e. The second-order valence-corrected chi connectivity index (χ2v) is 3.36. The van der Waals surface area contributed by atoms with Crippen LogP contribution in [0.1, 0.15) is 25.1 Å². The van der Waals surface area contributed by atoms with Crippen molar-refractivity contribution in [2.24, 2.45) is 0 Å². The monoisotopic (exact) mass is 183 g/mol. The van der Waals surface area contributed by atoms with Gasteiger partial charge in [-0.05, 0) is 19.5 Å². The fourth-order valence-electron chi connectivity index (χ4n) is 1.76. The molecule has 0 aliphatic carbocycles. The van der Waals surface area contributed by atoms with Crippen LogP contribution < -0.4 is 5.76 Å². The van der Waals surface area contributed by atoms with Crippen molar-refractivity contribution in [3.05, 3.63) is 16.4 Å². The number of H-pyrrole nitrogens is 1. The van der Waals surface area contributed by atoms with E-state index in [0.29, 0.717) is 11.7 Å². The van der Waals surface area contributed by atoms with Crippen LogP contribution in [-0.4, -0.2) is 34.7 Å². The Morgan fingerprint density at radius 2 is 2.62 bits per heavy atom. The van der Waals surface area contributed by atoms with Gasteiger partial charge in [0.1, 0.15) is 0 Å². The lowest BCUT2D eigenvalue weighted by molar-refractivity contribution is 0.347. The molecule has 1 fully saturated rings. The summed E-state index contributed by atoms with van der Waals surface area (Å²) in [6.45, 7) is 5.24. The lowest BCUT2D eigenvalue weighted by Gasteiger charge is -2.10. The van der Waals surface area contributed by atoms with E-state index >= 15 is 0 Å². The molecule has 2 heterocycles. The lowest BCUT2D eigenvalue weighted by Crippen LogP contribution is -2.19. The number of hydrogen-bond acceptors (Lipinski definition) is 4. The second kappa shape index (κ2) is 3.33. The summed E-state index contributed by atoms with van der Waals surface area (Å²) >= 11 is 0. The predicted octanol–water partition coefficient (Wildman–Crippen LogP) is 0.172. The van der Waals surface area contributed by atoms with E-state index in [2.05, 4.69) is 26.5 Å². The maximum Gasteiger partial charge on any atom is 0.438 e. The molecular weight excluding hydrogens is 170 g/mol. The van der Waals surface area contributed by atoms with Crippen molar-refractivity contribution in [3.8, 4) is 0 Å². The van der Waals surface area contributed by atoms with Crippen molar-refractivity contribution in [1.82, 2.24) is 15.0 Å². The van der Waals surface area contributed by atoms with Crippen molar-refractivity contribution in [1.29, 1.82) is 0 Å². The summed E-state index contributed by atoms with van der Waals surface area (Å²) in [5.41, 5.74) is 0. The molecule has 1 atom stereocenters. The van der Waals surface area contributed by atoms with Crippen molar-refractivity contribution in [3.63, 3.8) is 0 Å². The maximum absolute atomic E-state index is 10.7. The van der Waals surface area contributed by atoms with Crippen LogP contribution in [0.4, 0.5) is 0 Å². The highest BCUT2D eigenvalue weighted by molar-refractivity contribution is 4.97. The van der Waals surface area contributed by atoms with Crippen LogP contribution in [0.15, 0.2) is 9.32 Å². The Bertz CT molecular complexity index is 330. The minimum atomic E-state index is -0.454. The summed E-state index contributed by atoms with van der Waals surface area (Å²) in [6, 6.07) is 0. The van der Waals surface area contributed by atoms with E-state index in [-0.39, 0.29) is 0 Å². The number of likely N-dealkylation sites (N-methyl/N-ethyl adjacent to an activating group) is 1. The van der Waals surface area contributed by atoms with Gasteiger partial charge >= 0.3 is 5.76 Å². The zero-order valence-corrected chi connectivity index (χ0v) is 7.62. The largest absolute Gasteiger partial charge is 0.438 e. The topological polar surface area (TPSA) is 62.1 Å². The van der Waals surface area contributed by atoms with E-state index in [1.165, 1.54) is 0 Å². The smallest absolute Gasteiger partial charge is 0.303 e. The Balaban J connectivity index is 2.07. The van der Waals surface area contributed by atoms with Crippen LogP contribution in [0, 0.1) is 0 Å². The van der Waals surface area contributed by atoms with Crippen molar-refractivity contribution < 1.29 is 4.52 Å². The first kappa shape index (κ1) is 8.50. The van der Waals surface area contributed by atoms with Gasteiger partial charge in [0.05, 0.1) is 0 Å². The minimum absolute atomic E-state index is 0.339. The SMILES string of the molecule is CCN1CCC(c2noc(=O)[nH]2)C1. The normalized spacial score (nSPS) is 23.9. The van der Waals surface area contributed by atoms with Crippen LogP contribution in [-0.2, 0) is 0 Å². The molecule has 72 valence electrons. The summed E-state index contributed by atoms with van der Waals surface area (Å²) in [4.78, 5) is 15.6. The molecule has 2 rings (SSSR count). The second-order valence-electron chi connectivity index (χ2n) is 3.36. The van der Waals surface area contributed by atoms with Gasteiger partial charge in [-0.3, -0.25) is 9.51 Å². The molecule has 13 heavy (non-hydrogen) atoms. The quantitative estimate of drug-likeness (QED) is 0.710. The number of nitrogens with one attached hydrogen (secondary N) is 1. The van der Waals surface area contributed by atoms with Crippen molar-refractivity contribution in [2.75, 3.05) is 19.6 Å². The Hall–Kier alpha value is -1.10. The Morgan fingerprint density at radius 3 is 3.15 bits per heavy atom. The van der Waals surface area contributed by atoms with Gasteiger partial charge < -0.3 is 4.90 Å². The molecule has 0 saturated carbocycles. The summed E-state index contributed by atoms with van der Waals surface area (Å²) < 4.78 is 4.47. The van der Waals surface area contributed by atoms with Crippen LogP contribution in [0.2, 0.25) is 0 Å². The summed E-state index contributed by atoms with van der Waals surface area (Å²) in [7, 11) is 0. The van der Waals surface area contributed by atoms with Gasteiger partial charge in [0.25, 0.3) is 0 Å². The first-order chi connectivity index (χ1) is 6.29. The van der Waals surface area contributed by atoms with Gasteiger partial charge in [-0.1, -0.05) is 12.1 Å². The molecule has 1 unspecified atom stereocenters. The van der Waals surface area contributed by atoms with Crippen LogP contribution >= 0.6 is 0 Å². The third-order valence-corrected chi connectivity index (χ3v) is 2.56. The first-order valence-electron chi connectivity index (χ1n) is 4.58. The average molecular weight is 183 g/mol. The molecule has 5 heteroatoms. The first-order valence-corrected chi connectivity index (χ1v) is 4.58. The van der Waals surface area contributed by atoms with E-state index in [0.717, 1.165) is 26.1 Å². The Kier molecular flexibility index (Phi) is 2.18. The number of likely N-dealkylation sites (tertiary alicyclic amines) is 1. The molecule has 1 aliphatic rings. The van der Waals surface area contributed by atoms with Crippen LogP contribution in [0.5, 0.6) is 0 Å². The van der Waals surface area contributed by atoms with E-state index in [1.54, 1.807) is 0 Å². The molecule has 1 aromatic heterocycles. The molecule has 5 nitrogen and oxygen atoms in total. The molecule has 0 aromatic carbocycles. The van der Waals surface area contributed by atoms with Crippen LogP contribution in [0.3, 0.4) is 0 Å². The average Bonchev–Trinajstić information content (AvgIpc) is 2.71. The van der Waals surface area contributed by atoms with Crippen molar-refractivity contribution in [2.45, 2.75) is 19.3 Å². The molecule has 1 saturated heterocycles. The van der Waals surface area contributed by atoms with Gasteiger partial charge in [-0.15, -0.1) is 0 Å². The maximum atomic E-state index is 10.7. The molecular formula is C8H13N3O2. The zero-order valence-electron chi connectivity index (χ0n) is 7.62. The summed E-state index contributed by atoms with van der Waals surface area (Å²) in [6.07, 6.45) is 1.05. The van der Waals surface area contributed by atoms with Gasteiger partial charge in [0.15, 0.2) is 5.82 Å². The Labute approximate surface area is 75.7 Å². The van der Waals surface area contributed by atoms with E-state index < -0.39 is 5.76 Å². The van der Waals surface area contributed by atoms with Crippen molar-refractivity contribution >= 4 is 0 Å².